The highest BCUT2D eigenvalue weighted by Gasteiger charge is 2.17. The average molecular weight is 389 g/mol. The van der Waals surface area contributed by atoms with Crippen molar-refractivity contribution in [3.05, 3.63) is 33.0 Å². The number of hydrogen-bond donors (Lipinski definition) is 1. The summed E-state index contributed by atoms with van der Waals surface area (Å²) >= 11 is 15.5. The number of benzene rings is 1. The number of aromatic nitrogens is 3. The van der Waals surface area contributed by atoms with Crippen LogP contribution in [-0.2, 0) is 0 Å². The lowest BCUT2D eigenvalue weighted by molar-refractivity contribution is 0.883. The van der Waals surface area contributed by atoms with Gasteiger partial charge in [0.05, 0.1) is 5.69 Å². The Kier molecular flexibility index (Phi) is 4.47. The second-order valence-corrected chi connectivity index (χ2v) is 6.30. The van der Waals surface area contributed by atoms with Crippen molar-refractivity contribution in [2.24, 2.45) is 0 Å². The quantitative estimate of drug-likeness (QED) is 0.850. The van der Waals surface area contributed by atoms with Gasteiger partial charge in [-0.15, -0.1) is 0 Å². The Morgan fingerprint density at radius 2 is 1.86 bits per heavy atom. The van der Waals surface area contributed by atoms with E-state index in [1.54, 1.807) is 12.1 Å². The number of anilines is 3. The molecule has 0 bridgehead atoms. The van der Waals surface area contributed by atoms with Crippen molar-refractivity contribution in [3.63, 3.8) is 0 Å². The molecule has 8 heteroatoms. The molecular weight excluding hydrogens is 377 g/mol. The first-order chi connectivity index (χ1) is 10.1. The first kappa shape index (κ1) is 14.8. The lowest BCUT2D eigenvalue weighted by atomic mass is 10.3. The van der Waals surface area contributed by atoms with Gasteiger partial charge in [0.25, 0.3) is 0 Å². The molecule has 0 amide bonds. The fourth-order valence-corrected chi connectivity index (χ4v) is 2.84. The van der Waals surface area contributed by atoms with Crippen LogP contribution in [0.5, 0.6) is 0 Å². The Balaban J connectivity index is 1.89. The first-order valence-electron chi connectivity index (χ1n) is 6.50. The number of nitrogens with zero attached hydrogens (tertiary/aromatic N) is 4. The Morgan fingerprint density at radius 3 is 2.62 bits per heavy atom. The maximum Gasteiger partial charge on any atom is 0.233 e. The second-order valence-electron chi connectivity index (χ2n) is 4.67. The molecule has 0 atom stereocenters. The van der Waals surface area contributed by atoms with Crippen LogP contribution in [-0.4, -0.2) is 28.0 Å². The molecule has 1 N–H and O–H groups in total. The van der Waals surface area contributed by atoms with Crippen molar-refractivity contribution in [1.82, 2.24) is 15.0 Å². The molecule has 0 spiro atoms. The monoisotopic (exact) mass is 387 g/mol. The SMILES string of the molecule is Clc1ccc(Br)c(Nc2nc(Cl)nc(N3CCCC3)n2)c1. The molecule has 2 heterocycles. The predicted octanol–water partition coefficient (Wildman–Crippen LogP) is 4.28. The van der Waals surface area contributed by atoms with E-state index in [-0.39, 0.29) is 5.28 Å². The van der Waals surface area contributed by atoms with Crippen molar-refractivity contribution >= 4 is 56.7 Å². The van der Waals surface area contributed by atoms with Gasteiger partial charge in [-0.05, 0) is 58.6 Å². The summed E-state index contributed by atoms with van der Waals surface area (Å²) in [5.74, 6) is 1.01. The van der Waals surface area contributed by atoms with Gasteiger partial charge in [-0.1, -0.05) is 11.6 Å². The van der Waals surface area contributed by atoms with Gasteiger partial charge in [0.1, 0.15) is 0 Å². The molecule has 0 radical (unpaired) electrons. The van der Waals surface area contributed by atoms with Gasteiger partial charge in [0.15, 0.2) is 0 Å². The molecule has 21 heavy (non-hydrogen) atoms. The summed E-state index contributed by atoms with van der Waals surface area (Å²) in [4.78, 5) is 14.8. The summed E-state index contributed by atoms with van der Waals surface area (Å²) < 4.78 is 0.867. The minimum absolute atomic E-state index is 0.174. The molecule has 5 nitrogen and oxygen atoms in total. The summed E-state index contributed by atoms with van der Waals surface area (Å²) in [6.07, 6.45) is 2.29. The van der Waals surface area contributed by atoms with Crippen molar-refractivity contribution < 1.29 is 0 Å². The molecule has 110 valence electrons. The first-order valence-corrected chi connectivity index (χ1v) is 8.05. The maximum atomic E-state index is 6.00. The summed E-state index contributed by atoms with van der Waals surface area (Å²) in [6, 6.07) is 5.45. The molecule has 2 aromatic rings. The van der Waals surface area contributed by atoms with E-state index in [2.05, 4.69) is 41.1 Å². The summed E-state index contributed by atoms with van der Waals surface area (Å²) in [6.45, 7) is 1.89. The van der Waals surface area contributed by atoms with Gasteiger partial charge >= 0.3 is 0 Å². The number of rotatable bonds is 3. The van der Waals surface area contributed by atoms with Gasteiger partial charge in [0.2, 0.25) is 17.2 Å². The van der Waals surface area contributed by atoms with Gasteiger partial charge in [-0.25, -0.2) is 0 Å². The summed E-state index contributed by atoms with van der Waals surface area (Å²) in [7, 11) is 0. The Bertz CT molecular complexity index is 661. The number of halogens is 3. The van der Waals surface area contributed by atoms with E-state index in [1.165, 1.54) is 0 Å². The third-order valence-electron chi connectivity index (χ3n) is 3.16. The van der Waals surface area contributed by atoms with Crippen LogP contribution in [0.25, 0.3) is 0 Å². The molecule has 0 saturated carbocycles. The van der Waals surface area contributed by atoms with Crippen LogP contribution in [0.1, 0.15) is 12.8 Å². The highest BCUT2D eigenvalue weighted by Crippen LogP contribution is 2.28. The van der Waals surface area contributed by atoms with Crippen LogP contribution in [0.4, 0.5) is 17.6 Å². The number of hydrogen-bond acceptors (Lipinski definition) is 5. The van der Waals surface area contributed by atoms with Gasteiger partial charge < -0.3 is 10.2 Å². The Labute approximate surface area is 140 Å². The third kappa shape index (κ3) is 3.56. The highest BCUT2D eigenvalue weighted by atomic mass is 79.9. The molecule has 1 fully saturated rings. The van der Waals surface area contributed by atoms with Gasteiger partial charge in [-0.3, -0.25) is 0 Å². The molecular formula is C13H12BrCl2N5. The molecule has 1 saturated heterocycles. The minimum Gasteiger partial charge on any atom is -0.341 e. The van der Waals surface area contributed by atoms with Crippen molar-refractivity contribution in [2.75, 3.05) is 23.3 Å². The zero-order valence-corrected chi connectivity index (χ0v) is 14.1. The smallest absolute Gasteiger partial charge is 0.233 e. The van der Waals surface area contributed by atoms with E-state index >= 15 is 0 Å². The van der Waals surface area contributed by atoms with Crippen molar-refractivity contribution in [3.8, 4) is 0 Å². The predicted molar refractivity (Wildman–Crippen MR) is 88.7 cm³/mol. The standard InChI is InChI=1S/C13H12BrCl2N5/c14-9-4-3-8(15)7-10(9)17-12-18-11(16)19-13(20-12)21-5-1-2-6-21/h3-4,7H,1-2,5-6H2,(H,17,18,19,20). The van der Waals surface area contributed by atoms with E-state index in [0.717, 1.165) is 36.1 Å². The largest absolute Gasteiger partial charge is 0.341 e. The molecule has 3 rings (SSSR count). The fraction of sp³-hybridized carbons (Fsp3) is 0.308. The average Bonchev–Trinajstić information content (AvgIpc) is 2.96. The van der Waals surface area contributed by atoms with E-state index in [1.807, 2.05) is 6.07 Å². The fourth-order valence-electron chi connectivity index (χ4n) is 2.17. The zero-order valence-electron chi connectivity index (χ0n) is 11.0. The molecule has 1 aromatic carbocycles. The van der Waals surface area contributed by atoms with Crippen molar-refractivity contribution in [2.45, 2.75) is 12.8 Å². The normalized spacial score (nSPS) is 14.5. The summed E-state index contributed by atoms with van der Waals surface area (Å²) in [5, 5.41) is 3.91. The Morgan fingerprint density at radius 1 is 1.10 bits per heavy atom. The highest BCUT2D eigenvalue weighted by molar-refractivity contribution is 9.10. The lowest BCUT2D eigenvalue weighted by Crippen LogP contribution is -2.21. The molecule has 0 aliphatic carbocycles. The van der Waals surface area contributed by atoms with Crippen LogP contribution >= 0.6 is 39.1 Å². The van der Waals surface area contributed by atoms with Crippen molar-refractivity contribution in [1.29, 1.82) is 0 Å². The zero-order chi connectivity index (χ0) is 14.8. The van der Waals surface area contributed by atoms with E-state index in [0.29, 0.717) is 16.9 Å². The molecule has 1 aliphatic rings. The molecule has 1 aliphatic heterocycles. The van der Waals surface area contributed by atoms with Gasteiger partial charge in [-0.2, -0.15) is 15.0 Å². The maximum absolute atomic E-state index is 6.00. The van der Waals surface area contributed by atoms with E-state index in [4.69, 9.17) is 23.2 Å². The Hall–Kier alpha value is -1.11. The lowest BCUT2D eigenvalue weighted by Gasteiger charge is -2.16. The van der Waals surface area contributed by atoms with Gasteiger partial charge in [0, 0.05) is 22.6 Å². The molecule has 1 aromatic heterocycles. The molecule has 0 unspecified atom stereocenters. The van der Waals surface area contributed by atoms with Crippen LogP contribution in [0, 0.1) is 0 Å². The van der Waals surface area contributed by atoms with Crippen LogP contribution in [0.3, 0.4) is 0 Å². The number of nitrogens with one attached hydrogen (secondary N) is 1. The van der Waals surface area contributed by atoms with Crippen LogP contribution < -0.4 is 10.2 Å². The second kappa shape index (κ2) is 6.34. The van der Waals surface area contributed by atoms with Crippen LogP contribution in [0.2, 0.25) is 10.3 Å². The third-order valence-corrected chi connectivity index (χ3v) is 4.26. The topological polar surface area (TPSA) is 53.9 Å². The van der Waals surface area contributed by atoms with Crippen LogP contribution in [0.15, 0.2) is 22.7 Å². The summed E-state index contributed by atoms with van der Waals surface area (Å²) in [5.41, 5.74) is 0.775. The van der Waals surface area contributed by atoms with E-state index < -0.39 is 0 Å². The van der Waals surface area contributed by atoms with E-state index in [9.17, 15) is 0 Å². The minimum atomic E-state index is 0.174.